The van der Waals surface area contributed by atoms with Crippen molar-refractivity contribution in [3.8, 4) is 0 Å². The number of allylic oxidation sites excluding steroid dienone is 1. The van der Waals surface area contributed by atoms with Crippen molar-refractivity contribution in [2.45, 2.75) is 33.2 Å². The normalized spacial score (nSPS) is 11.5. The quantitative estimate of drug-likeness (QED) is 0.708. The van der Waals surface area contributed by atoms with E-state index in [1.807, 2.05) is 20.8 Å². The first-order valence-electron chi connectivity index (χ1n) is 4.95. The Kier molecular flexibility index (Phi) is 5.05. The van der Waals surface area contributed by atoms with Gasteiger partial charge in [0.15, 0.2) is 0 Å². The fourth-order valence-corrected chi connectivity index (χ4v) is 1.02. The monoisotopic (exact) mass is 212 g/mol. The molecule has 0 saturated heterocycles. The molecule has 15 heavy (non-hydrogen) atoms. The van der Waals surface area contributed by atoms with Gasteiger partial charge in [-0.3, -0.25) is 9.59 Å². The van der Waals surface area contributed by atoms with Gasteiger partial charge in [-0.2, -0.15) is 0 Å². The minimum atomic E-state index is -0.262. The fraction of sp³-hybridized carbons (Fsp3) is 0.636. The molecule has 0 aromatic carbocycles. The van der Waals surface area contributed by atoms with Gasteiger partial charge in [-0.25, -0.2) is 0 Å². The minimum absolute atomic E-state index is 0.0838. The Morgan fingerprint density at radius 3 is 2.27 bits per heavy atom. The van der Waals surface area contributed by atoms with Crippen molar-refractivity contribution in [2.75, 3.05) is 13.6 Å². The molecule has 0 spiro atoms. The van der Waals surface area contributed by atoms with Crippen LogP contribution in [0.15, 0.2) is 12.2 Å². The number of carbonyl (C=O) groups excluding carboxylic acids is 2. The fourth-order valence-electron chi connectivity index (χ4n) is 1.02. The second-order valence-corrected chi connectivity index (χ2v) is 4.49. The number of nitrogens with one attached hydrogen (secondary N) is 1. The molecule has 0 rings (SSSR count). The molecule has 0 radical (unpaired) electrons. The van der Waals surface area contributed by atoms with Crippen molar-refractivity contribution in [3.63, 3.8) is 0 Å². The summed E-state index contributed by atoms with van der Waals surface area (Å²) in [4.78, 5) is 24.1. The second-order valence-electron chi connectivity index (χ2n) is 4.49. The zero-order valence-corrected chi connectivity index (χ0v) is 10.1. The average molecular weight is 212 g/mol. The van der Waals surface area contributed by atoms with Crippen LogP contribution in [0.25, 0.3) is 0 Å². The SMILES string of the molecule is C/C=C/C(=O)N(C)CC(=O)NC(C)(C)C. The molecule has 0 aromatic heterocycles. The van der Waals surface area contributed by atoms with E-state index in [1.165, 1.54) is 11.0 Å². The summed E-state index contributed by atoms with van der Waals surface area (Å²) < 4.78 is 0. The lowest BCUT2D eigenvalue weighted by Gasteiger charge is -2.22. The molecule has 0 bridgehead atoms. The number of nitrogens with zero attached hydrogens (tertiary/aromatic N) is 1. The van der Waals surface area contributed by atoms with Gasteiger partial charge in [0.25, 0.3) is 0 Å². The lowest BCUT2D eigenvalue weighted by molar-refractivity contribution is -0.131. The van der Waals surface area contributed by atoms with Crippen LogP contribution in [0, 0.1) is 0 Å². The predicted molar refractivity (Wildman–Crippen MR) is 60.3 cm³/mol. The third kappa shape index (κ3) is 6.71. The van der Waals surface area contributed by atoms with Crippen LogP contribution in [-0.4, -0.2) is 35.8 Å². The summed E-state index contributed by atoms with van der Waals surface area (Å²) in [5.74, 6) is -0.315. The molecule has 0 aliphatic heterocycles. The van der Waals surface area contributed by atoms with E-state index in [2.05, 4.69) is 5.32 Å². The van der Waals surface area contributed by atoms with E-state index in [-0.39, 0.29) is 23.9 Å². The van der Waals surface area contributed by atoms with Crippen LogP contribution in [0.3, 0.4) is 0 Å². The van der Waals surface area contributed by atoms with Crippen LogP contribution >= 0.6 is 0 Å². The first-order valence-corrected chi connectivity index (χ1v) is 4.95. The number of amides is 2. The maximum absolute atomic E-state index is 11.4. The Morgan fingerprint density at radius 1 is 1.33 bits per heavy atom. The summed E-state index contributed by atoms with van der Waals surface area (Å²) in [7, 11) is 1.60. The van der Waals surface area contributed by atoms with Crippen LogP contribution in [-0.2, 0) is 9.59 Å². The highest BCUT2D eigenvalue weighted by molar-refractivity contribution is 5.91. The van der Waals surface area contributed by atoms with Gasteiger partial charge in [-0.15, -0.1) is 0 Å². The average Bonchev–Trinajstić information content (AvgIpc) is 2.00. The molecule has 4 heteroatoms. The first-order chi connectivity index (χ1) is 6.76. The third-order valence-electron chi connectivity index (χ3n) is 1.58. The van der Waals surface area contributed by atoms with E-state index in [1.54, 1.807) is 20.0 Å². The maximum Gasteiger partial charge on any atom is 0.246 e. The number of hydrogen-bond acceptors (Lipinski definition) is 2. The van der Waals surface area contributed by atoms with Gasteiger partial charge in [0.2, 0.25) is 11.8 Å². The molecule has 0 atom stereocenters. The van der Waals surface area contributed by atoms with Gasteiger partial charge in [0.1, 0.15) is 0 Å². The molecule has 0 aliphatic rings. The van der Waals surface area contributed by atoms with Crippen molar-refractivity contribution in [1.82, 2.24) is 10.2 Å². The summed E-state index contributed by atoms with van der Waals surface area (Å²) in [6.07, 6.45) is 3.09. The van der Waals surface area contributed by atoms with Crippen molar-refractivity contribution in [2.24, 2.45) is 0 Å². The highest BCUT2D eigenvalue weighted by Gasteiger charge is 2.16. The summed E-state index contributed by atoms with van der Waals surface area (Å²) in [5, 5.41) is 2.79. The summed E-state index contributed by atoms with van der Waals surface area (Å²) in [6, 6.07) is 0. The molecule has 2 amide bonds. The van der Waals surface area contributed by atoms with E-state index in [0.717, 1.165) is 0 Å². The first kappa shape index (κ1) is 13.7. The van der Waals surface area contributed by atoms with Crippen molar-refractivity contribution in [1.29, 1.82) is 0 Å². The van der Waals surface area contributed by atoms with Crippen LogP contribution in [0.2, 0.25) is 0 Å². The van der Waals surface area contributed by atoms with Crippen LogP contribution < -0.4 is 5.32 Å². The smallest absolute Gasteiger partial charge is 0.246 e. The van der Waals surface area contributed by atoms with E-state index in [4.69, 9.17) is 0 Å². The van der Waals surface area contributed by atoms with Crippen molar-refractivity contribution >= 4 is 11.8 Å². The number of hydrogen-bond donors (Lipinski definition) is 1. The third-order valence-corrected chi connectivity index (χ3v) is 1.58. The molecule has 0 saturated carbocycles. The molecule has 1 N–H and O–H groups in total. The van der Waals surface area contributed by atoms with E-state index < -0.39 is 0 Å². The highest BCUT2D eigenvalue weighted by Crippen LogP contribution is 1.98. The summed E-state index contributed by atoms with van der Waals surface area (Å²) >= 11 is 0. The van der Waals surface area contributed by atoms with Crippen LogP contribution in [0.1, 0.15) is 27.7 Å². The zero-order valence-electron chi connectivity index (χ0n) is 10.1. The molecule has 0 heterocycles. The molecule has 4 nitrogen and oxygen atoms in total. The minimum Gasteiger partial charge on any atom is -0.350 e. The van der Waals surface area contributed by atoms with Gasteiger partial charge in [-0.1, -0.05) is 6.08 Å². The van der Waals surface area contributed by atoms with Crippen molar-refractivity contribution < 1.29 is 9.59 Å². The topological polar surface area (TPSA) is 49.4 Å². The number of likely N-dealkylation sites (N-methyl/N-ethyl adjacent to an activating group) is 1. The van der Waals surface area contributed by atoms with Gasteiger partial charge in [-0.05, 0) is 33.8 Å². The molecule has 0 fully saturated rings. The number of carbonyl (C=O) groups is 2. The maximum atomic E-state index is 11.4. The van der Waals surface area contributed by atoms with E-state index >= 15 is 0 Å². The van der Waals surface area contributed by atoms with Crippen molar-refractivity contribution in [3.05, 3.63) is 12.2 Å². The highest BCUT2D eigenvalue weighted by atomic mass is 16.2. The lowest BCUT2D eigenvalue weighted by Crippen LogP contribution is -2.46. The lowest BCUT2D eigenvalue weighted by atomic mass is 10.1. The standard InChI is InChI=1S/C11H20N2O2/c1-6-7-10(15)13(5)8-9(14)12-11(2,3)4/h6-7H,8H2,1-5H3,(H,12,14)/b7-6+. The Balaban J connectivity index is 4.13. The Labute approximate surface area is 91.3 Å². The Bertz CT molecular complexity index is 264. The van der Waals surface area contributed by atoms with Gasteiger partial charge in [0, 0.05) is 12.6 Å². The van der Waals surface area contributed by atoms with Gasteiger partial charge < -0.3 is 10.2 Å². The predicted octanol–water partition coefficient (Wildman–Crippen LogP) is 0.936. The Morgan fingerprint density at radius 2 is 1.87 bits per heavy atom. The number of rotatable bonds is 3. The van der Waals surface area contributed by atoms with Gasteiger partial charge in [0.05, 0.1) is 6.54 Å². The summed E-state index contributed by atoms with van der Waals surface area (Å²) in [6.45, 7) is 7.55. The van der Waals surface area contributed by atoms with E-state index in [9.17, 15) is 9.59 Å². The zero-order chi connectivity index (χ0) is 12.1. The molecular weight excluding hydrogens is 192 g/mol. The molecule has 0 aromatic rings. The molecule has 0 unspecified atom stereocenters. The van der Waals surface area contributed by atoms with Crippen LogP contribution in [0.4, 0.5) is 0 Å². The molecule has 0 aliphatic carbocycles. The molecule has 86 valence electrons. The molecular formula is C11H20N2O2. The Hall–Kier alpha value is -1.32. The van der Waals surface area contributed by atoms with Crippen LogP contribution in [0.5, 0.6) is 0 Å². The van der Waals surface area contributed by atoms with Gasteiger partial charge >= 0.3 is 0 Å². The van der Waals surface area contributed by atoms with E-state index in [0.29, 0.717) is 0 Å². The largest absolute Gasteiger partial charge is 0.350 e. The summed E-state index contributed by atoms with van der Waals surface area (Å²) in [5.41, 5.74) is -0.262. The second kappa shape index (κ2) is 5.53.